The Morgan fingerprint density at radius 3 is 2.85 bits per heavy atom. The van der Waals surface area contributed by atoms with Crippen LogP contribution in [0.25, 0.3) is 10.9 Å². The number of halogens is 1. The molecule has 10 heteroatoms. The number of aromatic nitrogens is 2. The smallest absolute Gasteiger partial charge is 0.341 e. The van der Waals surface area contributed by atoms with E-state index in [4.69, 9.17) is 9.15 Å². The van der Waals surface area contributed by atoms with Gasteiger partial charge in [0.1, 0.15) is 24.1 Å². The molecule has 0 spiro atoms. The molecule has 1 aromatic carbocycles. The fraction of sp³-hybridized carbons (Fsp3) is 0.435. The second kappa shape index (κ2) is 7.87. The maximum Gasteiger partial charge on any atom is 0.341 e. The molecule has 2 aliphatic rings. The number of hydrogen-bond acceptors (Lipinski definition) is 7. The van der Waals surface area contributed by atoms with Crippen LogP contribution in [0.3, 0.4) is 0 Å². The van der Waals surface area contributed by atoms with Gasteiger partial charge in [-0.2, -0.15) is 0 Å². The minimum absolute atomic E-state index is 0.0133. The number of aromatic carboxylic acids is 1. The molecule has 0 amide bonds. The van der Waals surface area contributed by atoms with E-state index in [-0.39, 0.29) is 41.3 Å². The summed E-state index contributed by atoms with van der Waals surface area (Å²) in [5.41, 5.74) is -0.358. The quantitative estimate of drug-likeness (QED) is 0.626. The third-order valence-corrected chi connectivity index (χ3v) is 6.62. The zero-order chi connectivity index (χ0) is 23.4. The molecule has 3 atom stereocenters. The number of rotatable bonds is 5. The zero-order valence-corrected chi connectivity index (χ0v) is 18.6. The third-order valence-electron chi connectivity index (χ3n) is 6.62. The molecule has 3 aromatic rings. The number of nitrogens with zero attached hydrogens (tertiary/aromatic N) is 4. The normalized spacial score (nSPS) is 20.9. The van der Waals surface area contributed by atoms with Crippen LogP contribution < -0.4 is 15.1 Å². The number of benzene rings is 1. The van der Waals surface area contributed by atoms with Gasteiger partial charge in [-0.15, -0.1) is 0 Å². The number of ether oxygens (including phenoxy) is 1. The van der Waals surface area contributed by atoms with Crippen LogP contribution in [0.15, 0.2) is 33.9 Å². The molecule has 2 aliphatic heterocycles. The predicted octanol–water partition coefficient (Wildman–Crippen LogP) is 2.91. The van der Waals surface area contributed by atoms with E-state index in [2.05, 4.69) is 4.98 Å². The number of anilines is 1. The lowest BCUT2D eigenvalue weighted by molar-refractivity contribution is 0.0694. The van der Waals surface area contributed by atoms with Crippen molar-refractivity contribution in [2.75, 3.05) is 38.7 Å². The van der Waals surface area contributed by atoms with Gasteiger partial charge < -0.3 is 23.7 Å². The Balaban J connectivity index is 1.60. The first kappa shape index (κ1) is 21.4. The van der Waals surface area contributed by atoms with Crippen LogP contribution in [0.4, 0.5) is 10.1 Å². The highest BCUT2D eigenvalue weighted by molar-refractivity contribution is 5.97. The van der Waals surface area contributed by atoms with Crippen molar-refractivity contribution >= 4 is 22.6 Å². The van der Waals surface area contributed by atoms with Gasteiger partial charge in [0, 0.05) is 25.2 Å². The highest BCUT2D eigenvalue weighted by Crippen LogP contribution is 2.44. The minimum atomic E-state index is -1.33. The van der Waals surface area contributed by atoms with Gasteiger partial charge in [-0.25, -0.2) is 14.2 Å². The van der Waals surface area contributed by atoms with Crippen LogP contribution in [0.1, 0.15) is 41.7 Å². The number of carboxylic acids is 1. The molecule has 0 bridgehead atoms. The molecule has 174 valence electrons. The van der Waals surface area contributed by atoms with E-state index in [1.165, 1.54) is 6.20 Å². The molecule has 0 saturated carbocycles. The van der Waals surface area contributed by atoms with E-state index < -0.39 is 17.2 Å². The average molecular weight is 456 g/mol. The highest BCUT2D eigenvalue weighted by atomic mass is 19.1. The Morgan fingerprint density at radius 2 is 2.18 bits per heavy atom. The summed E-state index contributed by atoms with van der Waals surface area (Å²) in [6.45, 7) is 3.26. The van der Waals surface area contributed by atoms with Gasteiger partial charge in [-0.05, 0) is 33.5 Å². The summed E-state index contributed by atoms with van der Waals surface area (Å²) < 4.78 is 28.7. The molecule has 1 saturated heterocycles. The van der Waals surface area contributed by atoms with Crippen molar-refractivity contribution in [1.29, 1.82) is 0 Å². The molecule has 0 aliphatic carbocycles. The number of oxazole rings is 1. The fourth-order valence-corrected chi connectivity index (χ4v) is 5.13. The fourth-order valence-electron chi connectivity index (χ4n) is 5.13. The lowest BCUT2D eigenvalue weighted by Gasteiger charge is -2.32. The second-order valence-corrected chi connectivity index (χ2v) is 8.95. The first-order valence-electron chi connectivity index (χ1n) is 10.9. The van der Waals surface area contributed by atoms with E-state index in [1.54, 1.807) is 17.0 Å². The first-order chi connectivity index (χ1) is 15.8. The monoisotopic (exact) mass is 456 g/mol. The SMILES string of the molecule is C[C@H]1COc2c(N3CCC(C(c4ncco4)N(C)C)C3)c(F)cc3c(=O)c(C(=O)O)cn1c23. The van der Waals surface area contributed by atoms with Crippen LogP contribution in [0, 0.1) is 11.7 Å². The second-order valence-electron chi connectivity index (χ2n) is 8.95. The molecule has 4 heterocycles. The summed E-state index contributed by atoms with van der Waals surface area (Å²) in [7, 11) is 3.92. The number of carboxylic acid groups (broad SMARTS) is 1. The Labute approximate surface area is 189 Å². The Kier molecular flexibility index (Phi) is 5.12. The van der Waals surface area contributed by atoms with Crippen molar-refractivity contribution in [1.82, 2.24) is 14.5 Å². The van der Waals surface area contributed by atoms with Crippen molar-refractivity contribution in [3.63, 3.8) is 0 Å². The van der Waals surface area contributed by atoms with Crippen molar-refractivity contribution in [2.45, 2.75) is 25.4 Å². The van der Waals surface area contributed by atoms with E-state index in [0.29, 0.717) is 30.2 Å². The van der Waals surface area contributed by atoms with E-state index in [9.17, 15) is 14.7 Å². The van der Waals surface area contributed by atoms with Crippen molar-refractivity contribution in [2.24, 2.45) is 5.92 Å². The first-order valence-corrected chi connectivity index (χ1v) is 10.9. The minimum Gasteiger partial charge on any atom is -0.487 e. The Bertz CT molecular complexity index is 1290. The maximum absolute atomic E-state index is 15.5. The molecule has 5 rings (SSSR count). The van der Waals surface area contributed by atoms with Crippen LogP contribution >= 0.6 is 0 Å². The van der Waals surface area contributed by atoms with Crippen LogP contribution in [-0.4, -0.2) is 59.3 Å². The van der Waals surface area contributed by atoms with Gasteiger partial charge in [0.15, 0.2) is 11.6 Å². The number of hydrogen-bond donors (Lipinski definition) is 1. The predicted molar refractivity (Wildman–Crippen MR) is 119 cm³/mol. The molecule has 1 fully saturated rings. The molecule has 33 heavy (non-hydrogen) atoms. The topological polar surface area (TPSA) is 101 Å². The summed E-state index contributed by atoms with van der Waals surface area (Å²) in [5, 5.41) is 9.47. The van der Waals surface area contributed by atoms with E-state index >= 15 is 4.39 Å². The van der Waals surface area contributed by atoms with Crippen molar-refractivity contribution in [3.8, 4) is 5.75 Å². The molecule has 0 radical (unpaired) electrons. The van der Waals surface area contributed by atoms with Crippen molar-refractivity contribution in [3.05, 3.63) is 52.2 Å². The molecule has 1 N–H and O–H groups in total. The molecule has 2 aromatic heterocycles. The van der Waals surface area contributed by atoms with Gasteiger partial charge in [-0.1, -0.05) is 0 Å². The standard InChI is InChI=1S/C23H25FN4O5/c1-12-11-33-21-18-14(20(29)15(23(30)31)10-28(12)18)8-16(24)19(21)27-6-4-13(9-27)17(26(2)3)22-25-5-7-32-22/h5,7-8,10,12-13,17H,4,6,9,11H2,1-3H3,(H,30,31)/t12-,13?,17?/m0/s1. The summed E-state index contributed by atoms with van der Waals surface area (Å²) in [6.07, 6.45) is 5.29. The lowest BCUT2D eigenvalue weighted by Crippen LogP contribution is -2.31. The largest absolute Gasteiger partial charge is 0.487 e. The third kappa shape index (κ3) is 3.36. The van der Waals surface area contributed by atoms with Gasteiger partial charge in [0.05, 0.1) is 29.2 Å². The summed E-state index contributed by atoms with van der Waals surface area (Å²) in [6, 6.07) is 0.875. The van der Waals surface area contributed by atoms with Crippen LogP contribution in [0.2, 0.25) is 0 Å². The Morgan fingerprint density at radius 1 is 1.39 bits per heavy atom. The number of carbonyl (C=O) groups is 1. The van der Waals surface area contributed by atoms with Crippen molar-refractivity contribution < 1.29 is 23.4 Å². The molecular formula is C23H25FN4O5. The lowest BCUT2D eigenvalue weighted by atomic mass is 9.98. The number of pyridine rings is 1. The summed E-state index contributed by atoms with van der Waals surface area (Å²) in [5.74, 6) is -0.891. The zero-order valence-electron chi connectivity index (χ0n) is 18.6. The van der Waals surface area contributed by atoms with Crippen LogP contribution in [0.5, 0.6) is 5.75 Å². The Hall–Kier alpha value is -3.40. The van der Waals surface area contributed by atoms with E-state index in [1.807, 2.05) is 30.8 Å². The van der Waals surface area contributed by atoms with Gasteiger partial charge in [-0.3, -0.25) is 9.69 Å². The highest BCUT2D eigenvalue weighted by Gasteiger charge is 2.38. The molecule has 9 nitrogen and oxygen atoms in total. The molecular weight excluding hydrogens is 431 g/mol. The van der Waals surface area contributed by atoms with E-state index in [0.717, 1.165) is 12.5 Å². The van der Waals surface area contributed by atoms with Gasteiger partial charge in [0.25, 0.3) is 0 Å². The summed E-state index contributed by atoms with van der Waals surface area (Å²) >= 11 is 0. The van der Waals surface area contributed by atoms with Crippen LogP contribution in [-0.2, 0) is 0 Å². The summed E-state index contributed by atoms with van der Waals surface area (Å²) in [4.78, 5) is 32.7. The maximum atomic E-state index is 15.5. The molecule has 2 unspecified atom stereocenters. The average Bonchev–Trinajstić information content (AvgIpc) is 3.44. The van der Waals surface area contributed by atoms with Gasteiger partial charge >= 0.3 is 5.97 Å². The van der Waals surface area contributed by atoms with Gasteiger partial charge in [0.2, 0.25) is 11.3 Å².